The van der Waals surface area contributed by atoms with Gasteiger partial charge in [0.05, 0.1) is 19.3 Å². The van der Waals surface area contributed by atoms with Crippen molar-refractivity contribution in [1.29, 1.82) is 0 Å². The second kappa shape index (κ2) is 6.29. The van der Waals surface area contributed by atoms with Gasteiger partial charge in [-0.15, -0.1) is 0 Å². The third-order valence-corrected chi connectivity index (χ3v) is 3.52. The number of nitrogens with one attached hydrogen (secondary N) is 1. The maximum atomic E-state index is 5.89. The predicted octanol–water partition coefficient (Wildman–Crippen LogP) is 1.14. The van der Waals surface area contributed by atoms with E-state index in [1.165, 1.54) is 16.7 Å². The van der Waals surface area contributed by atoms with E-state index in [4.69, 9.17) is 10.5 Å². The van der Waals surface area contributed by atoms with Gasteiger partial charge in [0.2, 0.25) is 0 Å². The molecular formula is C14H23N3O. The minimum atomic E-state index is 0.183. The van der Waals surface area contributed by atoms with E-state index in [0.717, 1.165) is 26.3 Å². The third kappa shape index (κ3) is 3.29. The van der Waals surface area contributed by atoms with Crippen LogP contribution in [0.1, 0.15) is 22.7 Å². The third-order valence-electron chi connectivity index (χ3n) is 3.52. The van der Waals surface area contributed by atoms with Crippen molar-refractivity contribution in [3.8, 4) is 0 Å². The van der Waals surface area contributed by atoms with E-state index in [0.29, 0.717) is 6.54 Å². The fraction of sp³-hybridized carbons (Fsp3) is 0.571. The summed E-state index contributed by atoms with van der Waals surface area (Å²) in [5.74, 6) is 0. The number of nitrogens with two attached hydrogens (primary N) is 1. The number of nitrogens with zero attached hydrogens (tertiary/aromatic N) is 1. The maximum absolute atomic E-state index is 5.89. The number of hydrazine groups is 1. The topological polar surface area (TPSA) is 50.5 Å². The van der Waals surface area contributed by atoms with Crippen molar-refractivity contribution in [1.82, 2.24) is 10.4 Å². The smallest absolute Gasteiger partial charge is 0.0608 e. The van der Waals surface area contributed by atoms with Gasteiger partial charge in [0.1, 0.15) is 0 Å². The fourth-order valence-electron chi connectivity index (χ4n) is 2.16. The van der Waals surface area contributed by atoms with Gasteiger partial charge in [-0.05, 0) is 30.5 Å². The minimum Gasteiger partial charge on any atom is -0.379 e. The van der Waals surface area contributed by atoms with E-state index in [-0.39, 0.29) is 6.04 Å². The monoisotopic (exact) mass is 249 g/mol. The first kappa shape index (κ1) is 13.5. The SMILES string of the molecule is Cc1ccc(C(CN)NN2CCOCC2)cc1C. The summed E-state index contributed by atoms with van der Waals surface area (Å²) in [6.45, 7) is 8.28. The van der Waals surface area contributed by atoms with Crippen LogP contribution < -0.4 is 11.2 Å². The molecule has 1 atom stereocenters. The number of aryl methyl sites for hydroxylation is 2. The Hall–Kier alpha value is -0.940. The molecule has 0 radical (unpaired) electrons. The Morgan fingerprint density at radius 3 is 2.61 bits per heavy atom. The van der Waals surface area contributed by atoms with E-state index in [2.05, 4.69) is 42.5 Å². The summed E-state index contributed by atoms with van der Waals surface area (Å²) in [6, 6.07) is 6.73. The highest BCUT2D eigenvalue weighted by Gasteiger charge is 2.16. The largest absolute Gasteiger partial charge is 0.379 e. The van der Waals surface area contributed by atoms with Gasteiger partial charge in [-0.2, -0.15) is 0 Å². The Kier molecular flexibility index (Phi) is 4.72. The number of ether oxygens (including phenoxy) is 1. The van der Waals surface area contributed by atoms with Crippen LogP contribution in [0.15, 0.2) is 18.2 Å². The lowest BCUT2D eigenvalue weighted by Gasteiger charge is -2.31. The molecule has 1 aromatic carbocycles. The number of hydrogen-bond donors (Lipinski definition) is 2. The number of hydrogen-bond acceptors (Lipinski definition) is 4. The zero-order valence-corrected chi connectivity index (χ0v) is 11.3. The second-order valence-corrected chi connectivity index (χ2v) is 4.86. The van der Waals surface area contributed by atoms with Crippen LogP contribution in [0.4, 0.5) is 0 Å². The number of rotatable bonds is 4. The van der Waals surface area contributed by atoms with E-state index in [1.807, 2.05) is 0 Å². The lowest BCUT2D eigenvalue weighted by atomic mass is 10.0. The Labute approximate surface area is 109 Å². The quantitative estimate of drug-likeness (QED) is 0.840. The molecular weight excluding hydrogens is 226 g/mol. The lowest BCUT2D eigenvalue weighted by Crippen LogP contribution is -2.48. The molecule has 18 heavy (non-hydrogen) atoms. The van der Waals surface area contributed by atoms with Gasteiger partial charge in [-0.25, -0.2) is 10.4 Å². The van der Waals surface area contributed by atoms with Gasteiger partial charge >= 0.3 is 0 Å². The molecule has 1 aliphatic rings. The first-order valence-corrected chi connectivity index (χ1v) is 6.57. The van der Waals surface area contributed by atoms with Gasteiger partial charge in [0.15, 0.2) is 0 Å². The zero-order valence-electron chi connectivity index (χ0n) is 11.3. The molecule has 0 amide bonds. The van der Waals surface area contributed by atoms with Gasteiger partial charge < -0.3 is 10.5 Å². The van der Waals surface area contributed by atoms with Crippen molar-refractivity contribution < 1.29 is 4.74 Å². The van der Waals surface area contributed by atoms with Crippen molar-refractivity contribution in [3.63, 3.8) is 0 Å². The fourth-order valence-corrected chi connectivity index (χ4v) is 2.16. The van der Waals surface area contributed by atoms with Gasteiger partial charge in [0.25, 0.3) is 0 Å². The molecule has 1 aromatic rings. The van der Waals surface area contributed by atoms with Crippen molar-refractivity contribution in [2.75, 3.05) is 32.8 Å². The second-order valence-electron chi connectivity index (χ2n) is 4.86. The molecule has 0 aromatic heterocycles. The average molecular weight is 249 g/mol. The van der Waals surface area contributed by atoms with Crippen molar-refractivity contribution >= 4 is 0 Å². The number of benzene rings is 1. The summed E-state index contributed by atoms with van der Waals surface area (Å²) < 4.78 is 5.34. The van der Waals surface area contributed by atoms with E-state index >= 15 is 0 Å². The van der Waals surface area contributed by atoms with Gasteiger partial charge in [-0.3, -0.25) is 0 Å². The van der Waals surface area contributed by atoms with Crippen LogP contribution in [0.25, 0.3) is 0 Å². The van der Waals surface area contributed by atoms with Crippen LogP contribution in [0, 0.1) is 13.8 Å². The summed E-state index contributed by atoms with van der Waals surface area (Å²) in [6.07, 6.45) is 0. The first-order chi connectivity index (χ1) is 8.70. The molecule has 1 aliphatic heterocycles. The Morgan fingerprint density at radius 2 is 2.00 bits per heavy atom. The number of morpholine rings is 1. The Morgan fingerprint density at radius 1 is 1.28 bits per heavy atom. The van der Waals surface area contributed by atoms with Gasteiger partial charge in [-0.1, -0.05) is 18.2 Å². The van der Waals surface area contributed by atoms with Crippen molar-refractivity contribution in [2.45, 2.75) is 19.9 Å². The normalized spacial score (nSPS) is 18.8. The van der Waals surface area contributed by atoms with Crippen LogP contribution in [0.3, 0.4) is 0 Å². The molecule has 4 heteroatoms. The summed E-state index contributed by atoms with van der Waals surface area (Å²) >= 11 is 0. The van der Waals surface area contributed by atoms with Crippen molar-refractivity contribution in [2.24, 2.45) is 5.73 Å². The van der Waals surface area contributed by atoms with E-state index in [1.54, 1.807) is 0 Å². The summed E-state index contributed by atoms with van der Waals surface area (Å²) in [7, 11) is 0. The molecule has 0 bridgehead atoms. The Bertz CT molecular complexity index is 389. The molecule has 1 saturated heterocycles. The molecule has 3 N–H and O–H groups in total. The molecule has 1 unspecified atom stereocenters. The average Bonchev–Trinajstić information content (AvgIpc) is 2.40. The van der Waals surface area contributed by atoms with E-state index < -0.39 is 0 Å². The predicted molar refractivity (Wildman–Crippen MR) is 73.2 cm³/mol. The van der Waals surface area contributed by atoms with Crippen LogP contribution in [0.2, 0.25) is 0 Å². The molecule has 2 rings (SSSR count). The molecule has 1 heterocycles. The van der Waals surface area contributed by atoms with Crippen LogP contribution >= 0.6 is 0 Å². The summed E-state index contributed by atoms with van der Waals surface area (Å²) in [5.41, 5.74) is 13.3. The Balaban J connectivity index is 2.04. The minimum absolute atomic E-state index is 0.183. The standard InChI is InChI=1S/C14H23N3O/c1-11-3-4-13(9-12(11)2)14(10-15)16-17-5-7-18-8-6-17/h3-4,9,14,16H,5-8,10,15H2,1-2H3. The van der Waals surface area contributed by atoms with Crippen LogP contribution in [-0.4, -0.2) is 37.9 Å². The lowest BCUT2D eigenvalue weighted by molar-refractivity contribution is 0.00404. The van der Waals surface area contributed by atoms with Crippen LogP contribution in [-0.2, 0) is 4.74 Å². The van der Waals surface area contributed by atoms with Crippen LogP contribution in [0.5, 0.6) is 0 Å². The zero-order chi connectivity index (χ0) is 13.0. The van der Waals surface area contributed by atoms with Crippen molar-refractivity contribution in [3.05, 3.63) is 34.9 Å². The molecule has 0 saturated carbocycles. The highest BCUT2D eigenvalue weighted by Crippen LogP contribution is 2.17. The van der Waals surface area contributed by atoms with E-state index in [9.17, 15) is 0 Å². The molecule has 4 nitrogen and oxygen atoms in total. The molecule has 0 aliphatic carbocycles. The highest BCUT2D eigenvalue weighted by molar-refractivity contribution is 5.31. The highest BCUT2D eigenvalue weighted by atomic mass is 16.5. The summed E-state index contributed by atoms with van der Waals surface area (Å²) in [5, 5.41) is 2.20. The molecule has 0 spiro atoms. The maximum Gasteiger partial charge on any atom is 0.0608 e. The van der Waals surface area contributed by atoms with Gasteiger partial charge in [0, 0.05) is 19.6 Å². The molecule has 1 fully saturated rings. The molecule has 100 valence electrons. The first-order valence-electron chi connectivity index (χ1n) is 6.57. The summed E-state index contributed by atoms with van der Waals surface area (Å²) in [4.78, 5) is 0.